The summed E-state index contributed by atoms with van der Waals surface area (Å²) in [7, 11) is 0. The van der Waals surface area contributed by atoms with Crippen molar-refractivity contribution in [3.63, 3.8) is 0 Å². The van der Waals surface area contributed by atoms with Gasteiger partial charge < -0.3 is 5.32 Å². The number of halogens is 2. The normalized spacial score (nSPS) is 12.6. The first kappa shape index (κ1) is 14.5. The number of benzene rings is 1. The molecule has 102 valence electrons. The van der Waals surface area contributed by atoms with Gasteiger partial charge in [0.15, 0.2) is 0 Å². The Labute approximate surface area is 122 Å². The van der Waals surface area contributed by atoms with E-state index in [2.05, 4.69) is 12.2 Å². The quantitative estimate of drug-likeness (QED) is 0.829. The largest absolute Gasteiger partial charge is 0.316 e. The Hall–Kier alpha value is -0.900. The first-order chi connectivity index (χ1) is 9.19. The number of hydrogen-bond donors (Lipinski definition) is 1. The topological polar surface area (TPSA) is 12.0 Å². The molecule has 0 amide bonds. The second-order valence-corrected chi connectivity index (χ2v) is 6.27. The molecule has 0 fully saturated rings. The second kappa shape index (κ2) is 7.04. The second-order valence-electron chi connectivity index (χ2n) is 4.47. The van der Waals surface area contributed by atoms with Gasteiger partial charge in [0, 0.05) is 17.3 Å². The van der Waals surface area contributed by atoms with Crippen LogP contribution in [0, 0.1) is 5.82 Å². The van der Waals surface area contributed by atoms with Crippen LogP contribution in [-0.4, -0.2) is 13.1 Å². The molecule has 0 aliphatic heterocycles. The molecule has 0 saturated heterocycles. The third-order valence-corrected chi connectivity index (χ3v) is 4.29. The van der Waals surface area contributed by atoms with Crippen molar-refractivity contribution in [2.75, 3.05) is 13.1 Å². The van der Waals surface area contributed by atoms with E-state index in [-0.39, 0.29) is 11.7 Å². The van der Waals surface area contributed by atoms with E-state index < -0.39 is 0 Å². The molecule has 1 aromatic carbocycles. The molecule has 1 N–H and O–H groups in total. The van der Waals surface area contributed by atoms with Gasteiger partial charge in [0.1, 0.15) is 5.82 Å². The highest BCUT2D eigenvalue weighted by Gasteiger charge is 2.14. The zero-order valence-electron chi connectivity index (χ0n) is 10.8. The lowest BCUT2D eigenvalue weighted by molar-refractivity contribution is 0.585. The summed E-state index contributed by atoms with van der Waals surface area (Å²) >= 11 is 7.55. The number of likely N-dealkylation sites (N-methyl/N-ethyl adjacent to an activating group) is 1. The average Bonchev–Trinajstić information content (AvgIpc) is 2.80. The summed E-state index contributed by atoms with van der Waals surface area (Å²) in [5.41, 5.74) is 1.03. The van der Waals surface area contributed by atoms with Crippen LogP contribution < -0.4 is 5.32 Å². The van der Waals surface area contributed by atoms with E-state index >= 15 is 0 Å². The van der Waals surface area contributed by atoms with E-state index in [1.807, 2.05) is 18.2 Å². The van der Waals surface area contributed by atoms with Crippen LogP contribution in [0.2, 0.25) is 4.34 Å². The first-order valence-electron chi connectivity index (χ1n) is 6.39. The summed E-state index contributed by atoms with van der Waals surface area (Å²) in [6.45, 7) is 3.83. The molecule has 0 spiro atoms. The van der Waals surface area contributed by atoms with Gasteiger partial charge in [-0.1, -0.05) is 30.7 Å². The van der Waals surface area contributed by atoms with Crippen molar-refractivity contribution in [3.8, 4) is 0 Å². The van der Waals surface area contributed by atoms with Gasteiger partial charge in [-0.2, -0.15) is 0 Å². The maximum Gasteiger partial charge on any atom is 0.123 e. The standard InChI is InChI=1S/C15H17ClFNS/c1-2-18-10-12(9-14-6-7-15(16)19-14)11-4-3-5-13(17)8-11/h3-8,12,18H,2,9-10H2,1H3. The smallest absolute Gasteiger partial charge is 0.123 e. The lowest BCUT2D eigenvalue weighted by Gasteiger charge is -2.17. The zero-order chi connectivity index (χ0) is 13.7. The van der Waals surface area contributed by atoms with E-state index in [0.29, 0.717) is 0 Å². The van der Waals surface area contributed by atoms with Crippen LogP contribution in [0.4, 0.5) is 4.39 Å². The van der Waals surface area contributed by atoms with Gasteiger partial charge in [0.2, 0.25) is 0 Å². The minimum absolute atomic E-state index is 0.178. The molecule has 2 rings (SSSR count). The highest BCUT2D eigenvalue weighted by atomic mass is 35.5. The van der Waals surface area contributed by atoms with Crippen LogP contribution in [-0.2, 0) is 6.42 Å². The summed E-state index contributed by atoms with van der Waals surface area (Å²) in [5.74, 6) is 0.0913. The predicted molar refractivity (Wildman–Crippen MR) is 80.7 cm³/mol. The van der Waals surface area contributed by atoms with Crippen LogP contribution in [0.5, 0.6) is 0 Å². The van der Waals surface area contributed by atoms with Gasteiger partial charge in [-0.15, -0.1) is 11.3 Å². The van der Waals surface area contributed by atoms with Crippen molar-refractivity contribution in [1.29, 1.82) is 0 Å². The van der Waals surface area contributed by atoms with Gasteiger partial charge >= 0.3 is 0 Å². The Bertz CT molecular complexity index is 526. The fourth-order valence-electron chi connectivity index (χ4n) is 2.09. The molecule has 1 atom stereocenters. The third-order valence-electron chi connectivity index (χ3n) is 3.04. The molecule has 19 heavy (non-hydrogen) atoms. The van der Waals surface area contributed by atoms with Gasteiger partial charge in [0.25, 0.3) is 0 Å². The fraction of sp³-hybridized carbons (Fsp3) is 0.333. The van der Waals surface area contributed by atoms with Gasteiger partial charge in [-0.05, 0) is 42.8 Å². The molecule has 1 aromatic heterocycles. The van der Waals surface area contributed by atoms with Crippen LogP contribution in [0.15, 0.2) is 36.4 Å². The van der Waals surface area contributed by atoms with Crippen molar-refractivity contribution in [2.24, 2.45) is 0 Å². The van der Waals surface area contributed by atoms with Crippen molar-refractivity contribution < 1.29 is 4.39 Å². The van der Waals surface area contributed by atoms with Crippen LogP contribution >= 0.6 is 22.9 Å². The Morgan fingerprint density at radius 1 is 1.32 bits per heavy atom. The first-order valence-corrected chi connectivity index (χ1v) is 7.59. The number of rotatable bonds is 6. The molecule has 1 unspecified atom stereocenters. The molecular weight excluding hydrogens is 281 g/mol. The molecule has 0 saturated carbocycles. The molecule has 0 aliphatic rings. The highest BCUT2D eigenvalue weighted by Crippen LogP contribution is 2.27. The molecule has 0 aliphatic carbocycles. The highest BCUT2D eigenvalue weighted by molar-refractivity contribution is 7.16. The number of thiophene rings is 1. The molecule has 1 nitrogen and oxygen atoms in total. The summed E-state index contributed by atoms with van der Waals surface area (Å²) < 4.78 is 14.2. The molecule has 4 heteroatoms. The monoisotopic (exact) mass is 297 g/mol. The minimum Gasteiger partial charge on any atom is -0.316 e. The van der Waals surface area contributed by atoms with Crippen LogP contribution in [0.25, 0.3) is 0 Å². The predicted octanol–water partition coefficient (Wildman–Crippen LogP) is 4.48. The SMILES string of the molecule is CCNCC(Cc1ccc(Cl)s1)c1cccc(F)c1. The van der Waals surface area contributed by atoms with E-state index in [0.717, 1.165) is 29.4 Å². The maximum atomic E-state index is 13.4. The van der Waals surface area contributed by atoms with E-state index in [9.17, 15) is 4.39 Å². The fourth-order valence-corrected chi connectivity index (χ4v) is 3.26. The van der Waals surface area contributed by atoms with Crippen LogP contribution in [0.3, 0.4) is 0 Å². The Morgan fingerprint density at radius 2 is 2.16 bits per heavy atom. The average molecular weight is 298 g/mol. The van der Waals surface area contributed by atoms with Crippen molar-refractivity contribution in [2.45, 2.75) is 19.3 Å². The van der Waals surface area contributed by atoms with E-state index in [4.69, 9.17) is 11.6 Å². The van der Waals surface area contributed by atoms with Crippen molar-refractivity contribution in [1.82, 2.24) is 5.32 Å². The number of nitrogens with one attached hydrogen (secondary N) is 1. The van der Waals surface area contributed by atoms with E-state index in [1.54, 1.807) is 23.5 Å². The number of hydrogen-bond acceptors (Lipinski definition) is 2. The van der Waals surface area contributed by atoms with Gasteiger partial charge in [-0.25, -0.2) is 4.39 Å². The Kier molecular flexibility index (Phi) is 5.37. The van der Waals surface area contributed by atoms with Gasteiger partial charge in [-0.3, -0.25) is 0 Å². The lowest BCUT2D eigenvalue weighted by atomic mass is 9.95. The third kappa shape index (κ3) is 4.30. The summed E-state index contributed by atoms with van der Waals surface area (Å²) in [6.07, 6.45) is 0.883. The van der Waals surface area contributed by atoms with Crippen molar-refractivity contribution in [3.05, 3.63) is 57.0 Å². The Morgan fingerprint density at radius 3 is 2.79 bits per heavy atom. The summed E-state index contributed by atoms with van der Waals surface area (Å²) in [6, 6.07) is 10.8. The Balaban J connectivity index is 2.15. The van der Waals surface area contributed by atoms with Gasteiger partial charge in [0.05, 0.1) is 4.34 Å². The summed E-state index contributed by atoms with van der Waals surface area (Å²) in [5, 5.41) is 3.34. The zero-order valence-corrected chi connectivity index (χ0v) is 12.4. The maximum absolute atomic E-state index is 13.4. The molecule has 2 aromatic rings. The molecule has 0 bridgehead atoms. The van der Waals surface area contributed by atoms with Crippen molar-refractivity contribution >= 4 is 22.9 Å². The van der Waals surface area contributed by atoms with E-state index in [1.165, 1.54) is 10.9 Å². The van der Waals surface area contributed by atoms with Crippen LogP contribution in [0.1, 0.15) is 23.3 Å². The molecule has 0 radical (unpaired) electrons. The molecular formula is C15H17ClFNS. The molecule has 1 heterocycles. The lowest BCUT2D eigenvalue weighted by Crippen LogP contribution is -2.22. The minimum atomic E-state index is -0.178. The summed E-state index contributed by atoms with van der Waals surface area (Å²) in [4.78, 5) is 1.23.